The Balaban J connectivity index is 1.64. The highest BCUT2D eigenvalue weighted by molar-refractivity contribution is 5.80. The molecule has 0 unspecified atom stereocenters. The average Bonchev–Trinajstić information content (AvgIpc) is 3.43. The maximum absolute atomic E-state index is 13.7. The van der Waals surface area contributed by atoms with Gasteiger partial charge in [0, 0.05) is 35.4 Å². The van der Waals surface area contributed by atoms with E-state index in [9.17, 15) is 4.79 Å². The smallest absolute Gasteiger partial charge is 0.255 e. The van der Waals surface area contributed by atoms with Crippen LogP contribution in [0.15, 0.2) is 65.5 Å². The van der Waals surface area contributed by atoms with E-state index in [1.165, 1.54) is 0 Å². The Morgan fingerprint density at radius 3 is 2.24 bits per heavy atom. The quantitative estimate of drug-likeness (QED) is 0.287. The molecular weight excluding hydrogens is 460 g/mol. The van der Waals surface area contributed by atoms with Crippen molar-refractivity contribution in [2.75, 3.05) is 0 Å². The van der Waals surface area contributed by atoms with Gasteiger partial charge in [-0.3, -0.25) is 9.69 Å². The zero-order chi connectivity index (χ0) is 26.4. The monoisotopic (exact) mass is 498 g/mol. The lowest BCUT2D eigenvalue weighted by molar-refractivity contribution is 0.165. The number of tetrazole rings is 1. The molecule has 0 aliphatic rings. The Morgan fingerprint density at radius 1 is 0.919 bits per heavy atom. The van der Waals surface area contributed by atoms with Gasteiger partial charge in [-0.2, -0.15) is 5.21 Å². The number of benzene rings is 2. The molecule has 194 valence electrons. The molecule has 0 spiro atoms. The summed E-state index contributed by atoms with van der Waals surface area (Å²) in [5.41, 5.74) is 6.21. The van der Waals surface area contributed by atoms with Crippen molar-refractivity contribution in [2.45, 2.75) is 79.1 Å². The predicted octanol–water partition coefficient (Wildman–Crippen LogP) is 5.71. The third-order valence-electron chi connectivity index (χ3n) is 6.93. The Hall–Kier alpha value is -3.58. The Bertz CT molecular complexity index is 1330. The molecule has 2 aromatic heterocycles. The van der Waals surface area contributed by atoms with Crippen LogP contribution in [0.5, 0.6) is 0 Å². The van der Waals surface area contributed by atoms with Crippen molar-refractivity contribution in [2.24, 2.45) is 0 Å². The predicted molar refractivity (Wildman–Crippen MR) is 149 cm³/mol. The molecule has 4 rings (SSSR count). The highest BCUT2D eigenvalue weighted by Gasteiger charge is 2.18. The van der Waals surface area contributed by atoms with Gasteiger partial charge in [0.2, 0.25) is 5.82 Å². The molecule has 0 amide bonds. The lowest BCUT2D eigenvalue weighted by Crippen LogP contribution is -2.39. The summed E-state index contributed by atoms with van der Waals surface area (Å²) in [5, 5.41) is 14.5. The van der Waals surface area contributed by atoms with Crippen molar-refractivity contribution < 1.29 is 0 Å². The van der Waals surface area contributed by atoms with Crippen LogP contribution in [0.1, 0.15) is 64.3 Å². The van der Waals surface area contributed by atoms with Crippen LogP contribution >= 0.6 is 0 Å². The number of unbranched alkanes of at least 4 members (excludes halogenated alkanes) is 1. The first-order valence-electron chi connectivity index (χ1n) is 13.3. The van der Waals surface area contributed by atoms with Crippen LogP contribution < -0.4 is 5.56 Å². The number of pyridine rings is 1. The first-order chi connectivity index (χ1) is 17.9. The van der Waals surface area contributed by atoms with Gasteiger partial charge in [-0.15, -0.1) is 10.2 Å². The lowest BCUT2D eigenvalue weighted by Gasteiger charge is -2.30. The number of rotatable bonds is 11. The second-order valence-corrected chi connectivity index (χ2v) is 10.2. The molecule has 0 atom stereocenters. The van der Waals surface area contributed by atoms with E-state index in [0.29, 0.717) is 31.0 Å². The van der Waals surface area contributed by atoms with E-state index in [-0.39, 0.29) is 5.56 Å². The van der Waals surface area contributed by atoms with Gasteiger partial charge in [-0.05, 0) is 68.5 Å². The molecule has 4 aromatic rings. The summed E-state index contributed by atoms with van der Waals surface area (Å²) in [6.45, 7) is 12.2. The van der Waals surface area contributed by atoms with Crippen molar-refractivity contribution >= 4 is 0 Å². The Labute approximate surface area is 219 Å². The molecule has 1 N–H and O–H groups in total. The van der Waals surface area contributed by atoms with Crippen molar-refractivity contribution in [3.05, 3.63) is 87.8 Å². The van der Waals surface area contributed by atoms with E-state index in [4.69, 9.17) is 0 Å². The van der Waals surface area contributed by atoms with Crippen LogP contribution in [0.4, 0.5) is 0 Å². The Kier molecular flexibility index (Phi) is 8.66. The van der Waals surface area contributed by atoms with Crippen LogP contribution in [-0.4, -0.2) is 42.2 Å². The van der Waals surface area contributed by atoms with E-state index in [1.807, 2.05) is 28.8 Å². The third-order valence-corrected chi connectivity index (χ3v) is 6.93. The molecule has 0 bridgehead atoms. The van der Waals surface area contributed by atoms with E-state index < -0.39 is 0 Å². The van der Waals surface area contributed by atoms with Gasteiger partial charge in [0.15, 0.2) is 0 Å². The van der Waals surface area contributed by atoms with E-state index in [2.05, 4.69) is 96.5 Å². The highest BCUT2D eigenvalue weighted by atomic mass is 16.1. The number of hydrogen-bond acceptors (Lipinski definition) is 5. The van der Waals surface area contributed by atoms with Crippen LogP contribution in [0.2, 0.25) is 0 Å². The molecule has 7 nitrogen and oxygen atoms in total. The van der Waals surface area contributed by atoms with Crippen molar-refractivity contribution in [3.8, 4) is 22.5 Å². The van der Waals surface area contributed by atoms with Gasteiger partial charge in [0.1, 0.15) is 0 Å². The van der Waals surface area contributed by atoms with Crippen LogP contribution in [-0.2, 0) is 19.5 Å². The molecule has 0 saturated carbocycles. The summed E-state index contributed by atoms with van der Waals surface area (Å²) in [5.74, 6) is 0.570. The number of nitrogens with one attached hydrogen (secondary N) is 1. The molecule has 7 heteroatoms. The standard InChI is InChI=1S/C30H38N6O/c1-6-7-10-26-18-17-25(20-35(21(2)3)22(4)5)30(37)36(26)19-23-13-15-24(16-14-23)27-11-8-9-12-28(27)29-31-33-34-32-29/h8-9,11-18,21-22H,6-7,10,19-20H2,1-5H3,(H,31,32,33,34). The molecule has 2 heterocycles. The summed E-state index contributed by atoms with van der Waals surface area (Å²) in [6.07, 6.45) is 3.06. The summed E-state index contributed by atoms with van der Waals surface area (Å²) in [4.78, 5) is 16.1. The zero-order valence-electron chi connectivity index (χ0n) is 22.6. The fourth-order valence-corrected chi connectivity index (χ4v) is 4.87. The third kappa shape index (κ3) is 6.23. The summed E-state index contributed by atoms with van der Waals surface area (Å²) >= 11 is 0. The normalized spacial score (nSPS) is 11.7. The van der Waals surface area contributed by atoms with Crippen LogP contribution in [0, 0.1) is 0 Å². The minimum atomic E-state index is 0.117. The first kappa shape index (κ1) is 26.5. The Morgan fingerprint density at radius 2 is 1.62 bits per heavy atom. The largest absolute Gasteiger partial charge is 0.308 e. The minimum absolute atomic E-state index is 0.117. The van der Waals surface area contributed by atoms with Gasteiger partial charge in [-0.25, -0.2) is 0 Å². The van der Waals surface area contributed by atoms with Gasteiger partial charge >= 0.3 is 0 Å². The SMILES string of the molecule is CCCCc1ccc(CN(C(C)C)C(C)C)c(=O)n1Cc1ccc(-c2ccccc2-c2nn[nH]n2)cc1. The molecular formula is C30H38N6O. The van der Waals surface area contributed by atoms with Crippen molar-refractivity contribution in [1.82, 2.24) is 30.1 Å². The first-order valence-corrected chi connectivity index (χ1v) is 13.3. The number of aromatic amines is 1. The topological polar surface area (TPSA) is 79.7 Å². The molecule has 2 aromatic carbocycles. The van der Waals surface area contributed by atoms with E-state index >= 15 is 0 Å². The fraction of sp³-hybridized carbons (Fsp3) is 0.400. The van der Waals surface area contributed by atoms with Crippen molar-refractivity contribution in [1.29, 1.82) is 0 Å². The maximum Gasteiger partial charge on any atom is 0.255 e. The number of aryl methyl sites for hydroxylation is 1. The molecule has 37 heavy (non-hydrogen) atoms. The summed E-state index contributed by atoms with van der Waals surface area (Å²) < 4.78 is 1.98. The second-order valence-electron chi connectivity index (χ2n) is 10.2. The van der Waals surface area contributed by atoms with Gasteiger partial charge in [0.05, 0.1) is 6.54 Å². The molecule has 0 saturated heterocycles. The summed E-state index contributed by atoms with van der Waals surface area (Å²) in [7, 11) is 0. The average molecular weight is 499 g/mol. The van der Waals surface area contributed by atoms with Crippen molar-refractivity contribution in [3.63, 3.8) is 0 Å². The van der Waals surface area contributed by atoms with Gasteiger partial charge in [0.25, 0.3) is 5.56 Å². The van der Waals surface area contributed by atoms with E-state index in [0.717, 1.165) is 52.8 Å². The maximum atomic E-state index is 13.7. The lowest BCUT2D eigenvalue weighted by atomic mass is 9.98. The van der Waals surface area contributed by atoms with E-state index in [1.54, 1.807) is 0 Å². The number of H-pyrrole nitrogens is 1. The zero-order valence-corrected chi connectivity index (χ0v) is 22.6. The molecule has 0 aliphatic carbocycles. The number of hydrogen-bond donors (Lipinski definition) is 1. The van der Waals surface area contributed by atoms with Crippen LogP contribution in [0.25, 0.3) is 22.5 Å². The molecule has 0 fully saturated rings. The fourth-order valence-electron chi connectivity index (χ4n) is 4.87. The van der Waals surface area contributed by atoms with Gasteiger partial charge < -0.3 is 4.57 Å². The highest BCUT2D eigenvalue weighted by Crippen LogP contribution is 2.29. The second kappa shape index (κ2) is 12.1. The summed E-state index contributed by atoms with van der Waals surface area (Å²) in [6, 6.07) is 21.4. The molecule has 0 aliphatic heterocycles. The number of aromatic nitrogens is 5. The minimum Gasteiger partial charge on any atom is -0.308 e. The number of nitrogens with zero attached hydrogens (tertiary/aromatic N) is 5. The van der Waals surface area contributed by atoms with Crippen LogP contribution in [0.3, 0.4) is 0 Å². The van der Waals surface area contributed by atoms with Gasteiger partial charge in [-0.1, -0.05) is 67.9 Å². The molecule has 0 radical (unpaired) electrons.